The minimum atomic E-state index is 0.569. The molecule has 0 radical (unpaired) electrons. The summed E-state index contributed by atoms with van der Waals surface area (Å²) in [6, 6.07) is 10.3. The van der Waals surface area contributed by atoms with Crippen LogP contribution in [0.3, 0.4) is 0 Å². The number of para-hydroxylation sites is 1. The molecule has 2 unspecified atom stereocenters. The highest BCUT2D eigenvalue weighted by atomic mass is 35.5. The molecule has 72 valence electrons. The SMILES string of the molecule is ClCC1CC1c1cc2ccccc2o1. The molecule has 14 heavy (non-hydrogen) atoms. The van der Waals surface area contributed by atoms with Crippen LogP contribution in [-0.2, 0) is 0 Å². The van der Waals surface area contributed by atoms with Gasteiger partial charge in [0.1, 0.15) is 11.3 Å². The van der Waals surface area contributed by atoms with Gasteiger partial charge in [-0.3, -0.25) is 0 Å². The van der Waals surface area contributed by atoms with Crippen LogP contribution in [0.4, 0.5) is 0 Å². The van der Waals surface area contributed by atoms with Crippen LogP contribution in [0.25, 0.3) is 11.0 Å². The lowest BCUT2D eigenvalue weighted by molar-refractivity contribution is 0.545. The van der Waals surface area contributed by atoms with Gasteiger partial charge in [0.2, 0.25) is 0 Å². The van der Waals surface area contributed by atoms with E-state index < -0.39 is 0 Å². The normalized spacial score (nSPS) is 25.5. The van der Waals surface area contributed by atoms with E-state index in [-0.39, 0.29) is 0 Å². The Bertz CT molecular complexity index is 427. The predicted octanol–water partition coefficient (Wildman–Crippen LogP) is 3.78. The third-order valence-electron chi connectivity index (χ3n) is 2.93. The van der Waals surface area contributed by atoms with Crippen LogP contribution in [0.1, 0.15) is 18.1 Å². The van der Waals surface area contributed by atoms with Crippen LogP contribution >= 0.6 is 11.6 Å². The van der Waals surface area contributed by atoms with Crippen molar-refractivity contribution in [2.24, 2.45) is 5.92 Å². The van der Waals surface area contributed by atoms with Gasteiger partial charge in [-0.15, -0.1) is 11.6 Å². The van der Waals surface area contributed by atoms with Crippen molar-refractivity contribution in [3.05, 3.63) is 36.1 Å². The molecule has 2 aromatic rings. The fourth-order valence-corrected chi connectivity index (χ4v) is 2.29. The van der Waals surface area contributed by atoms with Crippen molar-refractivity contribution in [2.75, 3.05) is 5.88 Å². The fourth-order valence-electron chi connectivity index (χ4n) is 1.95. The third-order valence-corrected chi connectivity index (χ3v) is 3.33. The summed E-state index contributed by atoms with van der Waals surface area (Å²) in [5.41, 5.74) is 0.989. The molecule has 0 bridgehead atoms. The van der Waals surface area contributed by atoms with Crippen molar-refractivity contribution in [3.8, 4) is 0 Å². The van der Waals surface area contributed by atoms with Crippen molar-refractivity contribution in [3.63, 3.8) is 0 Å². The third kappa shape index (κ3) is 1.24. The van der Waals surface area contributed by atoms with E-state index in [4.69, 9.17) is 16.0 Å². The van der Waals surface area contributed by atoms with E-state index in [1.54, 1.807) is 0 Å². The fraction of sp³-hybridized carbons (Fsp3) is 0.333. The Hall–Kier alpha value is -0.950. The number of hydrogen-bond donors (Lipinski definition) is 0. The van der Waals surface area contributed by atoms with E-state index in [0.717, 1.165) is 17.2 Å². The molecule has 1 aromatic heterocycles. The minimum absolute atomic E-state index is 0.569. The summed E-state index contributed by atoms with van der Waals surface area (Å²) in [6.45, 7) is 0. The van der Waals surface area contributed by atoms with Gasteiger partial charge in [-0.05, 0) is 24.5 Å². The van der Waals surface area contributed by atoms with Gasteiger partial charge in [0.05, 0.1) is 0 Å². The van der Waals surface area contributed by atoms with E-state index in [1.165, 1.54) is 11.8 Å². The molecule has 0 amide bonds. The number of halogens is 1. The molecule has 2 heteroatoms. The Morgan fingerprint density at radius 1 is 1.36 bits per heavy atom. The second-order valence-electron chi connectivity index (χ2n) is 3.94. The molecule has 0 spiro atoms. The highest BCUT2D eigenvalue weighted by Crippen LogP contribution is 2.49. The number of benzene rings is 1. The van der Waals surface area contributed by atoms with Gasteiger partial charge >= 0.3 is 0 Å². The lowest BCUT2D eigenvalue weighted by atomic mass is 10.2. The van der Waals surface area contributed by atoms with Crippen molar-refractivity contribution in [1.82, 2.24) is 0 Å². The van der Waals surface area contributed by atoms with Crippen LogP contribution in [0.2, 0.25) is 0 Å². The minimum Gasteiger partial charge on any atom is -0.461 e. The van der Waals surface area contributed by atoms with Gasteiger partial charge in [0, 0.05) is 17.2 Å². The summed E-state index contributed by atoms with van der Waals surface area (Å²) in [4.78, 5) is 0. The Balaban J connectivity index is 1.99. The quantitative estimate of drug-likeness (QED) is 0.682. The van der Waals surface area contributed by atoms with Crippen LogP contribution < -0.4 is 0 Å². The molecular weight excluding hydrogens is 196 g/mol. The van der Waals surface area contributed by atoms with E-state index in [2.05, 4.69) is 12.1 Å². The smallest absolute Gasteiger partial charge is 0.134 e. The topological polar surface area (TPSA) is 13.1 Å². The highest BCUT2D eigenvalue weighted by Gasteiger charge is 2.39. The van der Waals surface area contributed by atoms with Gasteiger partial charge in [-0.2, -0.15) is 0 Å². The number of rotatable bonds is 2. The second-order valence-corrected chi connectivity index (χ2v) is 4.25. The largest absolute Gasteiger partial charge is 0.461 e. The van der Waals surface area contributed by atoms with E-state index in [0.29, 0.717) is 11.8 Å². The molecule has 1 fully saturated rings. The molecule has 1 saturated carbocycles. The maximum absolute atomic E-state index is 5.80. The number of fused-ring (bicyclic) bond motifs is 1. The average molecular weight is 207 g/mol. The van der Waals surface area contributed by atoms with E-state index in [9.17, 15) is 0 Å². The second kappa shape index (κ2) is 3.03. The van der Waals surface area contributed by atoms with E-state index >= 15 is 0 Å². The molecule has 1 aliphatic carbocycles. The summed E-state index contributed by atoms with van der Waals surface area (Å²) >= 11 is 5.80. The highest BCUT2D eigenvalue weighted by molar-refractivity contribution is 6.18. The van der Waals surface area contributed by atoms with Gasteiger partial charge in [-0.1, -0.05) is 18.2 Å². The zero-order chi connectivity index (χ0) is 9.54. The monoisotopic (exact) mass is 206 g/mol. The zero-order valence-corrected chi connectivity index (χ0v) is 8.50. The lowest BCUT2D eigenvalue weighted by Crippen LogP contribution is -1.80. The number of hydrogen-bond acceptors (Lipinski definition) is 1. The molecule has 0 aliphatic heterocycles. The Kier molecular flexibility index (Phi) is 1.81. The molecule has 1 aliphatic rings. The van der Waals surface area contributed by atoms with Crippen LogP contribution in [0.5, 0.6) is 0 Å². The molecule has 0 saturated heterocycles. The van der Waals surface area contributed by atoms with Gasteiger partial charge in [-0.25, -0.2) is 0 Å². The first-order valence-corrected chi connectivity index (χ1v) is 5.46. The Morgan fingerprint density at radius 2 is 2.21 bits per heavy atom. The maximum Gasteiger partial charge on any atom is 0.134 e. The summed E-state index contributed by atoms with van der Waals surface area (Å²) in [6.07, 6.45) is 1.18. The predicted molar refractivity (Wildman–Crippen MR) is 57.8 cm³/mol. The first kappa shape index (κ1) is 8.37. The molecule has 1 nitrogen and oxygen atoms in total. The van der Waals surface area contributed by atoms with Crippen molar-refractivity contribution in [2.45, 2.75) is 12.3 Å². The standard InChI is InChI=1S/C12H11ClO/c13-7-9-5-10(9)12-6-8-3-1-2-4-11(8)14-12/h1-4,6,9-10H,5,7H2. The molecule has 2 atom stereocenters. The average Bonchev–Trinajstić information content (AvgIpc) is 2.89. The van der Waals surface area contributed by atoms with Crippen molar-refractivity contribution < 1.29 is 4.42 Å². The van der Waals surface area contributed by atoms with Gasteiger partial charge in [0.25, 0.3) is 0 Å². The van der Waals surface area contributed by atoms with Crippen LogP contribution in [0, 0.1) is 5.92 Å². The molecular formula is C12H11ClO. The Morgan fingerprint density at radius 3 is 2.93 bits per heavy atom. The first-order chi connectivity index (χ1) is 6.88. The molecule has 1 heterocycles. The van der Waals surface area contributed by atoms with Crippen LogP contribution in [-0.4, -0.2) is 5.88 Å². The number of furan rings is 1. The lowest BCUT2D eigenvalue weighted by Gasteiger charge is -1.89. The van der Waals surface area contributed by atoms with E-state index in [1.807, 2.05) is 18.2 Å². The maximum atomic E-state index is 5.80. The summed E-state index contributed by atoms with van der Waals surface area (Å²) in [5, 5.41) is 1.20. The van der Waals surface area contributed by atoms with Gasteiger partial charge < -0.3 is 4.42 Å². The summed E-state index contributed by atoms with van der Waals surface area (Å²) < 4.78 is 5.77. The number of alkyl halides is 1. The van der Waals surface area contributed by atoms with Crippen LogP contribution in [0.15, 0.2) is 34.7 Å². The Labute approximate surface area is 87.7 Å². The first-order valence-electron chi connectivity index (χ1n) is 4.93. The molecule has 3 rings (SSSR count). The van der Waals surface area contributed by atoms with Crippen molar-refractivity contribution >= 4 is 22.6 Å². The summed E-state index contributed by atoms with van der Waals surface area (Å²) in [7, 11) is 0. The van der Waals surface area contributed by atoms with Gasteiger partial charge in [0.15, 0.2) is 0 Å². The van der Waals surface area contributed by atoms with Crippen molar-refractivity contribution in [1.29, 1.82) is 0 Å². The summed E-state index contributed by atoms with van der Waals surface area (Å²) in [5.74, 6) is 3.07. The molecule has 0 N–H and O–H groups in total. The zero-order valence-electron chi connectivity index (χ0n) is 7.74. The molecule has 1 aromatic carbocycles.